The Morgan fingerprint density at radius 1 is 1.36 bits per heavy atom. The van der Waals surface area contributed by atoms with Gasteiger partial charge in [0.05, 0.1) is 19.2 Å². The van der Waals surface area contributed by atoms with Crippen molar-refractivity contribution in [3.63, 3.8) is 0 Å². The first kappa shape index (κ1) is 15.3. The molecule has 2 aromatic heterocycles. The molecule has 5 heteroatoms. The van der Waals surface area contributed by atoms with Crippen molar-refractivity contribution < 1.29 is 9.21 Å². The fourth-order valence-corrected chi connectivity index (χ4v) is 3.66. The summed E-state index contributed by atoms with van der Waals surface area (Å²) in [6, 6.07) is 8.17. The second kappa shape index (κ2) is 7.11. The third-order valence-electron chi connectivity index (χ3n) is 4.26. The number of nitrogens with zero attached hydrogens (tertiary/aromatic N) is 2. The second-order valence-electron chi connectivity index (χ2n) is 5.89. The van der Waals surface area contributed by atoms with Gasteiger partial charge in [0, 0.05) is 10.9 Å². The minimum absolute atomic E-state index is 0.202. The topological polar surface area (TPSA) is 36.7 Å². The molecular weight excluding hydrogens is 296 g/mol. The van der Waals surface area contributed by atoms with Gasteiger partial charge in [0.2, 0.25) is 5.91 Å². The highest BCUT2D eigenvalue weighted by molar-refractivity contribution is 7.10. The molecule has 0 unspecified atom stereocenters. The summed E-state index contributed by atoms with van der Waals surface area (Å²) >= 11 is 1.64. The summed E-state index contributed by atoms with van der Waals surface area (Å²) in [6.07, 6.45) is 4.23. The molecule has 1 aliphatic heterocycles. The Morgan fingerprint density at radius 2 is 2.18 bits per heavy atom. The van der Waals surface area contributed by atoms with E-state index < -0.39 is 0 Å². The third kappa shape index (κ3) is 3.78. The van der Waals surface area contributed by atoms with Gasteiger partial charge in [-0.1, -0.05) is 6.07 Å². The van der Waals surface area contributed by atoms with Crippen LogP contribution in [0.15, 0.2) is 40.3 Å². The SMILES string of the molecule is CN1CCC(N(Cc2ccco2)C(=O)Cc2cccs2)CC1. The van der Waals surface area contributed by atoms with E-state index in [2.05, 4.69) is 11.9 Å². The van der Waals surface area contributed by atoms with Gasteiger partial charge in [-0.3, -0.25) is 4.79 Å². The van der Waals surface area contributed by atoms with Crippen molar-refractivity contribution in [1.82, 2.24) is 9.80 Å². The Balaban J connectivity index is 1.71. The Hall–Kier alpha value is -1.59. The highest BCUT2D eigenvalue weighted by atomic mass is 32.1. The number of amides is 1. The third-order valence-corrected chi connectivity index (χ3v) is 5.14. The van der Waals surface area contributed by atoms with E-state index in [4.69, 9.17) is 4.42 Å². The number of carbonyl (C=O) groups is 1. The normalized spacial score (nSPS) is 16.8. The molecule has 0 atom stereocenters. The molecule has 0 spiro atoms. The fourth-order valence-electron chi connectivity index (χ4n) is 2.96. The Kier molecular flexibility index (Phi) is 4.95. The van der Waals surface area contributed by atoms with Crippen LogP contribution in [0.25, 0.3) is 0 Å². The molecular formula is C17H22N2O2S. The molecule has 118 valence electrons. The molecule has 1 amide bonds. The van der Waals surface area contributed by atoms with Crippen molar-refractivity contribution in [3.05, 3.63) is 46.5 Å². The predicted octanol–water partition coefficient (Wildman–Crippen LogP) is 3.01. The van der Waals surface area contributed by atoms with Crippen LogP contribution in [0.5, 0.6) is 0 Å². The van der Waals surface area contributed by atoms with Crippen LogP contribution < -0.4 is 0 Å². The van der Waals surface area contributed by atoms with E-state index in [1.807, 2.05) is 34.5 Å². The summed E-state index contributed by atoms with van der Waals surface area (Å²) in [5.74, 6) is 1.06. The number of furan rings is 1. The molecule has 1 fully saturated rings. The van der Waals surface area contributed by atoms with Crippen LogP contribution in [0.4, 0.5) is 0 Å². The summed E-state index contributed by atoms with van der Waals surface area (Å²) in [7, 11) is 2.14. The first-order valence-corrected chi connectivity index (χ1v) is 8.63. The van der Waals surface area contributed by atoms with Gasteiger partial charge in [-0.05, 0) is 56.6 Å². The molecule has 3 heterocycles. The quantitative estimate of drug-likeness (QED) is 0.850. The van der Waals surface area contributed by atoms with E-state index in [9.17, 15) is 4.79 Å². The molecule has 4 nitrogen and oxygen atoms in total. The first-order valence-electron chi connectivity index (χ1n) is 7.75. The van der Waals surface area contributed by atoms with Crippen LogP contribution in [0.2, 0.25) is 0 Å². The van der Waals surface area contributed by atoms with Gasteiger partial charge in [-0.2, -0.15) is 0 Å². The standard InChI is InChI=1S/C17H22N2O2S/c1-18-8-6-14(7-9-18)19(13-15-4-2-10-21-15)17(20)12-16-5-3-11-22-16/h2-5,10-11,14H,6-9,12-13H2,1H3. The first-order chi connectivity index (χ1) is 10.7. The van der Waals surface area contributed by atoms with Crippen LogP contribution in [-0.4, -0.2) is 41.9 Å². The predicted molar refractivity (Wildman–Crippen MR) is 87.8 cm³/mol. The fraction of sp³-hybridized carbons (Fsp3) is 0.471. The molecule has 0 radical (unpaired) electrons. The van der Waals surface area contributed by atoms with Crippen molar-refractivity contribution in [2.24, 2.45) is 0 Å². The number of carbonyl (C=O) groups excluding carboxylic acids is 1. The molecule has 0 N–H and O–H groups in total. The molecule has 0 saturated carbocycles. The number of hydrogen-bond acceptors (Lipinski definition) is 4. The number of hydrogen-bond donors (Lipinski definition) is 0. The van der Waals surface area contributed by atoms with Crippen LogP contribution in [0.3, 0.4) is 0 Å². The molecule has 0 bridgehead atoms. The zero-order valence-electron chi connectivity index (χ0n) is 12.9. The van der Waals surface area contributed by atoms with E-state index in [1.165, 1.54) is 0 Å². The molecule has 0 aromatic carbocycles. The number of thiophene rings is 1. The lowest BCUT2D eigenvalue weighted by Crippen LogP contribution is -2.46. The molecule has 1 saturated heterocycles. The summed E-state index contributed by atoms with van der Waals surface area (Å²) in [5, 5.41) is 2.02. The minimum Gasteiger partial charge on any atom is -0.467 e. The smallest absolute Gasteiger partial charge is 0.228 e. The zero-order valence-corrected chi connectivity index (χ0v) is 13.7. The highest BCUT2D eigenvalue weighted by Gasteiger charge is 2.27. The Morgan fingerprint density at radius 3 is 2.82 bits per heavy atom. The minimum atomic E-state index is 0.202. The monoisotopic (exact) mass is 318 g/mol. The van der Waals surface area contributed by atoms with E-state index in [1.54, 1.807) is 17.6 Å². The average Bonchev–Trinajstić information content (AvgIpc) is 3.19. The molecule has 2 aromatic rings. The summed E-state index contributed by atoms with van der Waals surface area (Å²) in [6.45, 7) is 2.67. The largest absolute Gasteiger partial charge is 0.467 e. The van der Waals surface area contributed by atoms with Gasteiger partial charge in [-0.15, -0.1) is 11.3 Å². The average molecular weight is 318 g/mol. The number of rotatable bonds is 5. The van der Waals surface area contributed by atoms with Crippen molar-refractivity contribution in [1.29, 1.82) is 0 Å². The van der Waals surface area contributed by atoms with Crippen molar-refractivity contribution in [2.45, 2.75) is 31.8 Å². The highest BCUT2D eigenvalue weighted by Crippen LogP contribution is 2.21. The van der Waals surface area contributed by atoms with Gasteiger partial charge >= 0.3 is 0 Å². The lowest BCUT2D eigenvalue weighted by molar-refractivity contribution is -0.134. The molecule has 1 aliphatic rings. The summed E-state index contributed by atoms with van der Waals surface area (Å²) < 4.78 is 5.46. The van der Waals surface area contributed by atoms with E-state index in [-0.39, 0.29) is 5.91 Å². The van der Waals surface area contributed by atoms with Gasteiger partial charge in [0.25, 0.3) is 0 Å². The van der Waals surface area contributed by atoms with Gasteiger partial charge in [0.15, 0.2) is 0 Å². The van der Waals surface area contributed by atoms with E-state index >= 15 is 0 Å². The number of piperidine rings is 1. The second-order valence-corrected chi connectivity index (χ2v) is 6.92. The van der Waals surface area contributed by atoms with Gasteiger partial charge in [-0.25, -0.2) is 0 Å². The maximum Gasteiger partial charge on any atom is 0.228 e. The Bertz CT molecular complexity index is 572. The molecule has 3 rings (SSSR count). The molecule has 0 aliphatic carbocycles. The van der Waals surface area contributed by atoms with Crippen LogP contribution in [-0.2, 0) is 17.8 Å². The summed E-state index contributed by atoms with van der Waals surface area (Å²) in [4.78, 5) is 18.3. The zero-order chi connectivity index (χ0) is 15.4. The maximum atomic E-state index is 12.8. The van der Waals surface area contributed by atoms with Crippen LogP contribution in [0.1, 0.15) is 23.5 Å². The summed E-state index contributed by atoms with van der Waals surface area (Å²) in [5.41, 5.74) is 0. The van der Waals surface area contributed by atoms with E-state index in [0.29, 0.717) is 19.0 Å². The van der Waals surface area contributed by atoms with E-state index in [0.717, 1.165) is 36.6 Å². The lowest BCUT2D eigenvalue weighted by Gasteiger charge is -2.37. The van der Waals surface area contributed by atoms with Crippen LogP contribution >= 0.6 is 11.3 Å². The maximum absolute atomic E-state index is 12.8. The van der Waals surface area contributed by atoms with Crippen LogP contribution in [0, 0.1) is 0 Å². The molecule has 22 heavy (non-hydrogen) atoms. The van der Waals surface area contributed by atoms with Crippen molar-refractivity contribution in [3.8, 4) is 0 Å². The lowest BCUT2D eigenvalue weighted by atomic mass is 10.0. The van der Waals surface area contributed by atoms with Crippen molar-refractivity contribution in [2.75, 3.05) is 20.1 Å². The van der Waals surface area contributed by atoms with Gasteiger partial charge < -0.3 is 14.2 Å². The Labute approximate surface area is 135 Å². The number of likely N-dealkylation sites (tertiary alicyclic amines) is 1. The van der Waals surface area contributed by atoms with Gasteiger partial charge in [0.1, 0.15) is 5.76 Å². The van der Waals surface area contributed by atoms with Crippen molar-refractivity contribution >= 4 is 17.2 Å².